The molecule has 8 nitrogen and oxygen atoms in total. The number of hydrogen-bond donors (Lipinski definition) is 3. The van der Waals surface area contributed by atoms with Crippen molar-refractivity contribution in [3.8, 4) is 11.4 Å². The summed E-state index contributed by atoms with van der Waals surface area (Å²) in [4.78, 5) is 26.0. The number of benzene rings is 2. The molecule has 0 unspecified atom stereocenters. The molecule has 0 saturated carbocycles. The molecule has 1 amide bonds. The first kappa shape index (κ1) is 23.0. The Morgan fingerprint density at radius 2 is 1.94 bits per heavy atom. The number of nitrogens with zero attached hydrogens (tertiary/aromatic N) is 4. The van der Waals surface area contributed by atoms with Crippen molar-refractivity contribution in [1.29, 1.82) is 0 Å². The largest absolute Gasteiger partial charge is 0.349 e. The van der Waals surface area contributed by atoms with Gasteiger partial charge < -0.3 is 15.2 Å². The van der Waals surface area contributed by atoms with Gasteiger partial charge in [0, 0.05) is 55.4 Å². The zero-order valence-electron chi connectivity index (χ0n) is 19.1. The fourth-order valence-corrected chi connectivity index (χ4v) is 3.72. The van der Waals surface area contributed by atoms with Crippen LogP contribution in [0, 0.1) is 0 Å². The quantitative estimate of drug-likeness (QED) is 0.250. The minimum Gasteiger partial charge on any atom is -0.349 e. The van der Waals surface area contributed by atoms with E-state index in [0.29, 0.717) is 22.4 Å². The maximum Gasteiger partial charge on any atom is 0.271 e. The van der Waals surface area contributed by atoms with Crippen molar-refractivity contribution in [3.05, 3.63) is 77.2 Å². The molecule has 0 spiro atoms. The number of allylic oxidation sites excluding steroid dienone is 1. The van der Waals surface area contributed by atoms with Crippen LogP contribution in [0.25, 0.3) is 27.9 Å². The Morgan fingerprint density at radius 1 is 1.18 bits per heavy atom. The summed E-state index contributed by atoms with van der Waals surface area (Å²) >= 11 is 6.43. The number of aromatic amines is 1. The molecule has 172 valence electrons. The summed E-state index contributed by atoms with van der Waals surface area (Å²) in [5.74, 6) is 1.03. The Labute approximate surface area is 202 Å². The van der Waals surface area contributed by atoms with Crippen LogP contribution in [0.15, 0.2) is 66.0 Å². The second-order valence-corrected chi connectivity index (χ2v) is 8.23. The number of anilines is 2. The molecule has 0 aliphatic heterocycles. The van der Waals surface area contributed by atoms with Gasteiger partial charge in [0.05, 0.1) is 5.02 Å². The SMILES string of the molecule is C=NN/C=C(\C)c1ccc(Nc2ccnc(-c3ccc4c(Cl)c(C(=O)N(C)C)[nH]c4c3)n2)cc1. The first-order valence-electron chi connectivity index (χ1n) is 10.5. The van der Waals surface area contributed by atoms with Gasteiger partial charge in [0.1, 0.15) is 11.5 Å². The zero-order chi connectivity index (χ0) is 24.2. The van der Waals surface area contributed by atoms with E-state index in [4.69, 9.17) is 11.6 Å². The molecule has 0 radical (unpaired) electrons. The molecule has 0 aliphatic rings. The number of H-pyrrole nitrogens is 1. The Morgan fingerprint density at radius 3 is 2.65 bits per heavy atom. The van der Waals surface area contributed by atoms with Crippen molar-refractivity contribution in [2.24, 2.45) is 5.10 Å². The second-order valence-electron chi connectivity index (χ2n) is 7.86. The minimum absolute atomic E-state index is 0.185. The number of nitrogens with one attached hydrogen (secondary N) is 3. The van der Waals surface area contributed by atoms with Crippen LogP contribution in [0.3, 0.4) is 0 Å². The van der Waals surface area contributed by atoms with Crippen molar-refractivity contribution < 1.29 is 4.79 Å². The van der Waals surface area contributed by atoms with Crippen molar-refractivity contribution >= 4 is 52.2 Å². The highest BCUT2D eigenvalue weighted by atomic mass is 35.5. The van der Waals surface area contributed by atoms with Crippen LogP contribution in [-0.2, 0) is 0 Å². The third-order valence-electron chi connectivity index (χ3n) is 5.25. The van der Waals surface area contributed by atoms with Gasteiger partial charge in [-0.1, -0.05) is 35.9 Å². The van der Waals surface area contributed by atoms with Gasteiger partial charge >= 0.3 is 0 Å². The van der Waals surface area contributed by atoms with Crippen LogP contribution in [0.5, 0.6) is 0 Å². The van der Waals surface area contributed by atoms with Crippen molar-refractivity contribution in [2.45, 2.75) is 6.92 Å². The van der Waals surface area contributed by atoms with Crippen LogP contribution in [-0.4, -0.2) is 46.6 Å². The second kappa shape index (κ2) is 9.76. The van der Waals surface area contributed by atoms with Crippen LogP contribution >= 0.6 is 11.6 Å². The lowest BCUT2D eigenvalue weighted by Crippen LogP contribution is -2.22. The number of carbonyl (C=O) groups excluding carboxylic acids is 1. The van der Waals surface area contributed by atoms with Crippen molar-refractivity contribution in [1.82, 2.24) is 25.3 Å². The van der Waals surface area contributed by atoms with Gasteiger partial charge in [-0.15, -0.1) is 0 Å². The van der Waals surface area contributed by atoms with Crippen molar-refractivity contribution in [3.63, 3.8) is 0 Å². The molecule has 3 N–H and O–H groups in total. The van der Waals surface area contributed by atoms with E-state index in [9.17, 15) is 4.79 Å². The first-order valence-corrected chi connectivity index (χ1v) is 10.9. The van der Waals surface area contributed by atoms with Crippen LogP contribution in [0.2, 0.25) is 5.02 Å². The molecular weight excluding hydrogens is 450 g/mol. The van der Waals surface area contributed by atoms with E-state index in [1.165, 1.54) is 4.90 Å². The summed E-state index contributed by atoms with van der Waals surface area (Å²) in [5.41, 5.74) is 7.65. The van der Waals surface area contributed by atoms with E-state index in [0.717, 1.165) is 33.3 Å². The highest BCUT2D eigenvalue weighted by Crippen LogP contribution is 2.31. The van der Waals surface area contributed by atoms with E-state index in [2.05, 4.69) is 37.5 Å². The van der Waals surface area contributed by atoms with Gasteiger partial charge in [-0.25, -0.2) is 9.97 Å². The number of fused-ring (bicyclic) bond motifs is 1. The number of amides is 1. The Kier molecular flexibility index (Phi) is 6.60. The molecule has 2 aromatic heterocycles. The van der Waals surface area contributed by atoms with Crippen LogP contribution in [0.1, 0.15) is 23.0 Å². The maximum atomic E-state index is 12.4. The van der Waals surface area contributed by atoms with Crippen molar-refractivity contribution in [2.75, 3.05) is 19.4 Å². The van der Waals surface area contributed by atoms with E-state index < -0.39 is 0 Å². The molecule has 2 heterocycles. The molecule has 0 fully saturated rings. The Balaban J connectivity index is 1.57. The van der Waals surface area contributed by atoms with E-state index in [1.54, 1.807) is 32.6 Å². The van der Waals surface area contributed by atoms with Crippen LogP contribution < -0.4 is 10.7 Å². The van der Waals surface area contributed by atoms with Gasteiger partial charge in [0.2, 0.25) is 0 Å². The molecule has 2 aromatic carbocycles. The predicted octanol–water partition coefficient (Wildman–Crippen LogP) is 5.29. The lowest BCUT2D eigenvalue weighted by Gasteiger charge is -2.09. The molecule has 0 aliphatic carbocycles. The summed E-state index contributed by atoms with van der Waals surface area (Å²) < 4.78 is 0. The lowest BCUT2D eigenvalue weighted by atomic mass is 10.1. The average Bonchev–Trinajstić information content (AvgIpc) is 3.18. The number of hydrazone groups is 1. The fraction of sp³-hybridized carbons (Fsp3) is 0.120. The third kappa shape index (κ3) is 4.77. The Hall–Kier alpha value is -4.17. The standard InChI is InChI=1S/C25H24ClN7O/c1-15(14-29-27-2)16-5-8-18(9-6-16)30-21-11-12-28-24(32-21)17-7-10-19-20(13-17)31-23(22(19)26)25(34)33(3)4/h5-14,29,31H,2H2,1,3-4H3,(H,28,30,32)/b15-14+. The molecule has 0 bridgehead atoms. The smallest absolute Gasteiger partial charge is 0.271 e. The summed E-state index contributed by atoms with van der Waals surface area (Å²) in [6, 6.07) is 15.4. The Bertz CT molecular complexity index is 1390. The maximum absolute atomic E-state index is 12.4. The topological polar surface area (TPSA) is 98.3 Å². The first-order chi connectivity index (χ1) is 16.4. The molecule has 4 rings (SSSR count). The molecule has 9 heteroatoms. The number of carbonyl (C=O) groups is 1. The van der Waals surface area contributed by atoms with E-state index >= 15 is 0 Å². The average molecular weight is 474 g/mol. The zero-order valence-corrected chi connectivity index (χ0v) is 19.8. The monoisotopic (exact) mass is 473 g/mol. The molecular formula is C25H24ClN7O. The molecule has 0 saturated heterocycles. The third-order valence-corrected chi connectivity index (χ3v) is 5.65. The lowest BCUT2D eigenvalue weighted by molar-refractivity contribution is 0.0823. The summed E-state index contributed by atoms with van der Waals surface area (Å²) in [6.07, 6.45) is 3.49. The van der Waals surface area contributed by atoms with Gasteiger partial charge in [0.25, 0.3) is 5.91 Å². The van der Waals surface area contributed by atoms with Crippen LogP contribution in [0.4, 0.5) is 11.5 Å². The highest BCUT2D eigenvalue weighted by molar-refractivity contribution is 6.38. The molecule has 0 atom stereocenters. The van der Waals surface area contributed by atoms with Gasteiger partial charge in [0.15, 0.2) is 5.82 Å². The number of aromatic nitrogens is 3. The number of rotatable bonds is 7. The fourth-order valence-electron chi connectivity index (χ4n) is 3.43. The molecule has 4 aromatic rings. The summed E-state index contributed by atoms with van der Waals surface area (Å²) in [6.45, 7) is 5.39. The minimum atomic E-state index is -0.185. The van der Waals surface area contributed by atoms with Gasteiger partial charge in [-0.05, 0) is 42.3 Å². The number of hydrogen-bond acceptors (Lipinski definition) is 6. The van der Waals surface area contributed by atoms with E-state index in [1.807, 2.05) is 49.4 Å². The normalized spacial score (nSPS) is 11.4. The highest BCUT2D eigenvalue weighted by Gasteiger charge is 2.18. The van der Waals surface area contributed by atoms with E-state index in [-0.39, 0.29) is 5.91 Å². The van der Waals surface area contributed by atoms with Gasteiger partial charge in [-0.2, -0.15) is 5.10 Å². The van der Waals surface area contributed by atoms with Gasteiger partial charge in [-0.3, -0.25) is 10.2 Å². The number of halogens is 1. The summed E-state index contributed by atoms with van der Waals surface area (Å²) in [7, 11) is 3.37. The summed E-state index contributed by atoms with van der Waals surface area (Å²) in [5, 5.41) is 8.10. The molecule has 34 heavy (non-hydrogen) atoms. The predicted molar refractivity (Wildman–Crippen MR) is 138 cm³/mol.